The third-order valence-electron chi connectivity index (χ3n) is 3.46. The standard InChI is InChI=1S/C15H24N2O/c1-3-5-12-17(15(16)18,13-6-4-2)14-10-8-7-9-11-14/h7-11H,3-6,12-13H2,1-2H3,(H-,16,18)/p+1. The van der Waals surface area contributed by atoms with Crippen LogP contribution in [0.2, 0.25) is 0 Å². The van der Waals surface area contributed by atoms with Crippen LogP contribution in [0.25, 0.3) is 0 Å². The summed E-state index contributed by atoms with van der Waals surface area (Å²) >= 11 is 0. The summed E-state index contributed by atoms with van der Waals surface area (Å²) in [4.78, 5) is 12.0. The van der Waals surface area contributed by atoms with Gasteiger partial charge in [-0.15, -0.1) is 0 Å². The molecule has 0 saturated carbocycles. The molecule has 0 fully saturated rings. The van der Waals surface area contributed by atoms with E-state index in [0.717, 1.165) is 44.5 Å². The minimum Gasteiger partial charge on any atom is -0.319 e. The first-order chi connectivity index (χ1) is 8.67. The number of hydrogen-bond acceptors (Lipinski definition) is 1. The topological polar surface area (TPSA) is 43.1 Å². The van der Waals surface area contributed by atoms with E-state index in [-0.39, 0.29) is 6.03 Å². The fourth-order valence-electron chi connectivity index (χ4n) is 2.29. The molecule has 18 heavy (non-hydrogen) atoms. The summed E-state index contributed by atoms with van der Waals surface area (Å²) in [6.07, 6.45) is 4.18. The van der Waals surface area contributed by atoms with Gasteiger partial charge in [0, 0.05) is 0 Å². The normalized spacial score (nSPS) is 11.4. The lowest BCUT2D eigenvalue weighted by atomic mass is 10.1. The molecular formula is C15H25N2O+. The summed E-state index contributed by atoms with van der Waals surface area (Å²) in [6.45, 7) is 5.88. The number of benzene rings is 1. The summed E-state index contributed by atoms with van der Waals surface area (Å²) in [5.41, 5.74) is 6.74. The van der Waals surface area contributed by atoms with E-state index in [1.807, 2.05) is 30.3 Å². The summed E-state index contributed by atoms with van der Waals surface area (Å²) in [5.74, 6) is 0. The van der Waals surface area contributed by atoms with E-state index >= 15 is 0 Å². The van der Waals surface area contributed by atoms with Crippen molar-refractivity contribution in [2.75, 3.05) is 13.1 Å². The molecule has 1 rings (SSSR count). The first kappa shape index (κ1) is 14.7. The van der Waals surface area contributed by atoms with E-state index < -0.39 is 0 Å². The molecule has 0 heterocycles. The van der Waals surface area contributed by atoms with Gasteiger partial charge in [0.05, 0.1) is 13.1 Å². The molecule has 0 unspecified atom stereocenters. The lowest BCUT2D eigenvalue weighted by molar-refractivity contribution is 0.206. The van der Waals surface area contributed by atoms with Gasteiger partial charge in [0.15, 0.2) is 0 Å². The van der Waals surface area contributed by atoms with Crippen LogP contribution in [0.1, 0.15) is 39.5 Å². The number of nitrogens with two attached hydrogens (primary N) is 1. The second-order valence-corrected chi connectivity index (χ2v) is 4.80. The summed E-state index contributed by atoms with van der Waals surface area (Å²) in [7, 11) is 0. The number of unbranched alkanes of at least 4 members (excludes halogenated alkanes) is 2. The second kappa shape index (κ2) is 7.17. The van der Waals surface area contributed by atoms with Crippen molar-refractivity contribution >= 4 is 11.7 Å². The molecule has 1 aromatic carbocycles. The summed E-state index contributed by atoms with van der Waals surface area (Å²) < 4.78 is 0.294. The predicted octanol–water partition coefficient (Wildman–Crippen LogP) is 3.67. The van der Waals surface area contributed by atoms with E-state index in [9.17, 15) is 4.79 Å². The number of primary amides is 1. The third-order valence-corrected chi connectivity index (χ3v) is 3.46. The van der Waals surface area contributed by atoms with Crippen molar-refractivity contribution in [1.82, 2.24) is 4.48 Å². The summed E-state index contributed by atoms with van der Waals surface area (Å²) in [5, 5.41) is 0. The minimum atomic E-state index is -0.233. The quantitative estimate of drug-likeness (QED) is 0.736. The van der Waals surface area contributed by atoms with Crippen molar-refractivity contribution in [1.29, 1.82) is 0 Å². The molecule has 1 aromatic rings. The van der Waals surface area contributed by atoms with Crippen LogP contribution in [0.15, 0.2) is 30.3 Å². The number of nitrogens with zero attached hydrogens (tertiary/aromatic N) is 1. The number of rotatable bonds is 7. The first-order valence-corrected chi connectivity index (χ1v) is 6.90. The van der Waals surface area contributed by atoms with Crippen LogP contribution >= 0.6 is 0 Å². The van der Waals surface area contributed by atoms with Crippen LogP contribution < -0.4 is 10.2 Å². The maximum atomic E-state index is 12.0. The van der Waals surface area contributed by atoms with Gasteiger partial charge >= 0.3 is 6.03 Å². The highest BCUT2D eigenvalue weighted by molar-refractivity contribution is 5.85. The molecule has 2 amide bonds. The Labute approximate surface area is 110 Å². The average molecular weight is 249 g/mol. The van der Waals surface area contributed by atoms with Gasteiger partial charge in [0.1, 0.15) is 5.69 Å². The summed E-state index contributed by atoms with van der Waals surface area (Å²) in [6, 6.07) is 9.71. The van der Waals surface area contributed by atoms with E-state index in [0.29, 0.717) is 4.48 Å². The Morgan fingerprint density at radius 1 is 1.06 bits per heavy atom. The number of carbonyl (C=O) groups excluding carboxylic acids is 1. The van der Waals surface area contributed by atoms with Crippen molar-refractivity contribution in [3.63, 3.8) is 0 Å². The van der Waals surface area contributed by atoms with Gasteiger partial charge < -0.3 is 5.73 Å². The molecule has 2 N–H and O–H groups in total. The zero-order chi connectivity index (χ0) is 13.4. The molecular weight excluding hydrogens is 224 g/mol. The number of carbonyl (C=O) groups is 1. The van der Waals surface area contributed by atoms with Gasteiger partial charge in [-0.05, 0) is 25.0 Å². The van der Waals surface area contributed by atoms with Crippen LogP contribution in [-0.2, 0) is 0 Å². The largest absolute Gasteiger partial charge is 0.419 e. The van der Waals surface area contributed by atoms with Crippen molar-refractivity contribution in [3.8, 4) is 0 Å². The monoisotopic (exact) mass is 249 g/mol. The van der Waals surface area contributed by atoms with E-state index in [2.05, 4.69) is 13.8 Å². The van der Waals surface area contributed by atoms with Crippen LogP contribution in [0.5, 0.6) is 0 Å². The highest BCUT2D eigenvalue weighted by atomic mass is 16.2. The molecule has 0 aromatic heterocycles. The molecule has 0 aliphatic heterocycles. The van der Waals surface area contributed by atoms with Gasteiger partial charge in [-0.1, -0.05) is 44.9 Å². The predicted molar refractivity (Wildman–Crippen MR) is 77.4 cm³/mol. The molecule has 0 atom stereocenters. The molecule has 0 spiro atoms. The van der Waals surface area contributed by atoms with Gasteiger partial charge in [0.2, 0.25) is 0 Å². The highest BCUT2D eigenvalue weighted by Crippen LogP contribution is 2.24. The van der Waals surface area contributed by atoms with E-state index in [1.54, 1.807) is 0 Å². The van der Waals surface area contributed by atoms with E-state index in [1.165, 1.54) is 0 Å². The SMILES string of the molecule is CCCC[N+](CCCC)(C(N)=O)c1ccccc1. The van der Waals surface area contributed by atoms with Crippen molar-refractivity contribution in [3.05, 3.63) is 30.3 Å². The molecule has 0 bridgehead atoms. The second-order valence-electron chi connectivity index (χ2n) is 4.80. The first-order valence-electron chi connectivity index (χ1n) is 6.90. The Kier molecular flexibility index (Phi) is 5.86. The smallest absolute Gasteiger partial charge is 0.319 e. The van der Waals surface area contributed by atoms with Crippen LogP contribution in [-0.4, -0.2) is 19.1 Å². The number of para-hydroxylation sites is 1. The molecule has 0 aliphatic rings. The molecule has 3 heteroatoms. The zero-order valence-electron chi connectivity index (χ0n) is 11.6. The Morgan fingerprint density at radius 3 is 1.94 bits per heavy atom. The Morgan fingerprint density at radius 2 is 1.56 bits per heavy atom. The Balaban J connectivity index is 3.07. The number of hydrogen-bond donors (Lipinski definition) is 1. The maximum absolute atomic E-state index is 12.0. The average Bonchev–Trinajstić information content (AvgIpc) is 2.40. The fourth-order valence-corrected chi connectivity index (χ4v) is 2.29. The van der Waals surface area contributed by atoms with Crippen molar-refractivity contribution < 1.29 is 4.79 Å². The van der Waals surface area contributed by atoms with Crippen molar-refractivity contribution in [2.45, 2.75) is 39.5 Å². The van der Waals surface area contributed by atoms with Crippen LogP contribution in [0, 0.1) is 0 Å². The van der Waals surface area contributed by atoms with Gasteiger partial charge in [-0.25, -0.2) is 9.28 Å². The van der Waals surface area contributed by atoms with Gasteiger partial charge in [-0.2, -0.15) is 0 Å². The number of quaternary nitrogens is 1. The minimum absolute atomic E-state index is 0.233. The van der Waals surface area contributed by atoms with E-state index in [4.69, 9.17) is 5.73 Å². The molecule has 0 saturated heterocycles. The molecule has 100 valence electrons. The highest BCUT2D eigenvalue weighted by Gasteiger charge is 2.35. The molecule has 0 radical (unpaired) electrons. The maximum Gasteiger partial charge on any atom is 0.419 e. The lowest BCUT2D eigenvalue weighted by Crippen LogP contribution is -2.58. The lowest BCUT2D eigenvalue weighted by Gasteiger charge is -2.33. The van der Waals surface area contributed by atoms with Crippen molar-refractivity contribution in [2.24, 2.45) is 5.73 Å². The van der Waals surface area contributed by atoms with Gasteiger partial charge in [-0.3, -0.25) is 0 Å². The van der Waals surface area contributed by atoms with Gasteiger partial charge in [0.25, 0.3) is 0 Å². The zero-order valence-corrected chi connectivity index (χ0v) is 11.6. The number of amides is 2. The Hall–Kier alpha value is -1.35. The Bertz CT molecular complexity index is 354. The molecule has 0 aliphatic carbocycles. The fraction of sp³-hybridized carbons (Fsp3) is 0.533. The molecule has 3 nitrogen and oxygen atoms in total. The third kappa shape index (κ3) is 3.33. The number of urea groups is 1. The van der Waals surface area contributed by atoms with Crippen LogP contribution in [0.4, 0.5) is 10.5 Å². The van der Waals surface area contributed by atoms with Crippen LogP contribution in [0.3, 0.4) is 0 Å².